The SMILES string of the molecule is CCC1(C(=O)NC2CCCCCC2)CCNC1. The molecule has 3 nitrogen and oxygen atoms in total. The molecule has 2 aliphatic rings. The van der Waals surface area contributed by atoms with E-state index in [1.807, 2.05) is 0 Å². The Morgan fingerprint density at radius 1 is 1.29 bits per heavy atom. The lowest BCUT2D eigenvalue weighted by molar-refractivity contribution is -0.131. The first-order valence-corrected chi connectivity index (χ1v) is 7.28. The molecule has 2 N–H and O–H groups in total. The zero-order valence-electron chi connectivity index (χ0n) is 11.1. The van der Waals surface area contributed by atoms with E-state index in [1.54, 1.807) is 0 Å². The van der Waals surface area contributed by atoms with Crippen molar-refractivity contribution in [3.05, 3.63) is 0 Å². The highest BCUT2D eigenvalue weighted by molar-refractivity contribution is 5.83. The highest BCUT2D eigenvalue weighted by atomic mass is 16.2. The number of carbonyl (C=O) groups excluding carboxylic acids is 1. The molecule has 2 fully saturated rings. The van der Waals surface area contributed by atoms with Crippen LogP contribution in [0.4, 0.5) is 0 Å². The van der Waals surface area contributed by atoms with E-state index in [2.05, 4.69) is 17.6 Å². The van der Waals surface area contributed by atoms with Crippen molar-refractivity contribution >= 4 is 5.91 Å². The summed E-state index contributed by atoms with van der Waals surface area (Å²) in [6.45, 7) is 3.99. The van der Waals surface area contributed by atoms with Crippen LogP contribution in [0.15, 0.2) is 0 Å². The zero-order valence-corrected chi connectivity index (χ0v) is 11.1. The summed E-state index contributed by atoms with van der Waals surface area (Å²) < 4.78 is 0. The van der Waals surface area contributed by atoms with Crippen LogP contribution in [0.2, 0.25) is 0 Å². The summed E-state index contributed by atoms with van der Waals surface area (Å²) in [4.78, 5) is 12.4. The number of hydrogen-bond donors (Lipinski definition) is 2. The second-order valence-electron chi connectivity index (χ2n) is 5.72. The fourth-order valence-corrected chi connectivity index (χ4v) is 3.16. The van der Waals surface area contributed by atoms with Crippen molar-refractivity contribution in [1.82, 2.24) is 10.6 Å². The predicted molar refractivity (Wildman–Crippen MR) is 69.8 cm³/mol. The Balaban J connectivity index is 1.90. The third-order valence-corrected chi connectivity index (χ3v) is 4.59. The first-order chi connectivity index (χ1) is 8.27. The maximum atomic E-state index is 12.4. The minimum absolute atomic E-state index is 0.119. The molecule has 1 saturated heterocycles. The second kappa shape index (κ2) is 5.85. The van der Waals surface area contributed by atoms with Gasteiger partial charge >= 0.3 is 0 Å². The topological polar surface area (TPSA) is 41.1 Å². The molecule has 1 amide bonds. The van der Waals surface area contributed by atoms with E-state index >= 15 is 0 Å². The molecule has 0 aromatic rings. The second-order valence-corrected chi connectivity index (χ2v) is 5.72. The van der Waals surface area contributed by atoms with Gasteiger partial charge in [0.05, 0.1) is 5.41 Å². The molecule has 1 atom stereocenters. The van der Waals surface area contributed by atoms with Crippen LogP contribution in [0.3, 0.4) is 0 Å². The average molecular weight is 238 g/mol. The molecular formula is C14H26N2O. The predicted octanol–water partition coefficient (Wildman–Crippen LogP) is 2.22. The maximum Gasteiger partial charge on any atom is 0.227 e. The van der Waals surface area contributed by atoms with E-state index in [0.717, 1.165) is 25.9 Å². The van der Waals surface area contributed by atoms with Crippen LogP contribution in [0.1, 0.15) is 58.3 Å². The van der Waals surface area contributed by atoms with Crippen molar-refractivity contribution in [3.8, 4) is 0 Å². The standard InChI is InChI=1S/C14H26N2O/c1-2-14(9-10-15-11-14)13(17)16-12-7-5-3-4-6-8-12/h12,15H,2-11H2,1H3,(H,16,17). The van der Waals surface area contributed by atoms with Gasteiger partial charge in [-0.15, -0.1) is 0 Å². The van der Waals surface area contributed by atoms with Gasteiger partial charge in [0, 0.05) is 12.6 Å². The van der Waals surface area contributed by atoms with Gasteiger partial charge in [0.2, 0.25) is 5.91 Å². The van der Waals surface area contributed by atoms with Gasteiger partial charge in [0.25, 0.3) is 0 Å². The molecule has 1 heterocycles. The smallest absolute Gasteiger partial charge is 0.227 e. The molecule has 0 radical (unpaired) electrons. The van der Waals surface area contributed by atoms with Crippen LogP contribution in [0.25, 0.3) is 0 Å². The summed E-state index contributed by atoms with van der Waals surface area (Å²) in [7, 11) is 0. The summed E-state index contributed by atoms with van der Waals surface area (Å²) in [6.07, 6.45) is 9.56. The Morgan fingerprint density at radius 3 is 2.53 bits per heavy atom. The van der Waals surface area contributed by atoms with E-state index < -0.39 is 0 Å². The highest BCUT2D eigenvalue weighted by Gasteiger charge is 2.39. The third-order valence-electron chi connectivity index (χ3n) is 4.59. The Bertz CT molecular complexity index is 251. The highest BCUT2D eigenvalue weighted by Crippen LogP contribution is 2.30. The van der Waals surface area contributed by atoms with Gasteiger partial charge in [-0.1, -0.05) is 32.6 Å². The lowest BCUT2D eigenvalue weighted by Gasteiger charge is -2.28. The van der Waals surface area contributed by atoms with E-state index in [4.69, 9.17) is 0 Å². The van der Waals surface area contributed by atoms with E-state index in [-0.39, 0.29) is 5.41 Å². The molecule has 98 valence electrons. The van der Waals surface area contributed by atoms with Crippen molar-refractivity contribution in [2.75, 3.05) is 13.1 Å². The van der Waals surface area contributed by atoms with Crippen LogP contribution in [-0.4, -0.2) is 25.0 Å². The van der Waals surface area contributed by atoms with Crippen LogP contribution in [0.5, 0.6) is 0 Å². The number of nitrogens with one attached hydrogen (secondary N) is 2. The normalized spacial score (nSPS) is 31.1. The minimum atomic E-state index is -0.119. The lowest BCUT2D eigenvalue weighted by atomic mass is 9.83. The molecule has 0 bridgehead atoms. The van der Waals surface area contributed by atoms with Crippen LogP contribution >= 0.6 is 0 Å². The lowest BCUT2D eigenvalue weighted by Crippen LogP contribution is -2.46. The molecular weight excluding hydrogens is 212 g/mol. The first-order valence-electron chi connectivity index (χ1n) is 7.28. The van der Waals surface area contributed by atoms with Crippen molar-refractivity contribution in [1.29, 1.82) is 0 Å². The van der Waals surface area contributed by atoms with Gasteiger partial charge in [-0.05, 0) is 32.2 Å². The minimum Gasteiger partial charge on any atom is -0.353 e. The van der Waals surface area contributed by atoms with E-state index in [9.17, 15) is 4.79 Å². The van der Waals surface area contributed by atoms with Crippen LogP contribution in [0, 0.1) is 5.41 Å². The molecule has 1 aliphatic heterocycles. The number of hydrogen-bond acceptors (Lipinski definition) is 2. The molecule has 0 spiro atoms. The van der Waals surface area contributed by atoms with Gasteiger partial charge in [-0.3, -0.25) is 4.79 Å². The van der Waals surface area contributed by atoms with Crippen molar-refractivity contribution in [3.63, 3.8) is 0 Å². The Kier molecular flexibility index (Phi) is 4.43. The maximum absolute atomic E-state index is 12.4. The number of rotatable bonds is 3. The molecule has 1 unspecified atom stereocenters. The Hall–Kier alpha value is -0.570. The number of carbonyl (C=O) groups is 1. The van der Waals surface area contributed by atoms with Gasteiger partial charge in [0.1, 0.15) is 0 Å². The van der Waals surface area contributed by atoms with Gasteiger partial charge in [-0.25, -0.2) is 0 Å². The molecule has 3 heteroatoms. The Labute approximate surface area is 105 Å². The van der Waals surface area contributed by atoms with Crippen LogP contribution in [-0.2, 0) is 4.79 Å². The van der Waals surface area contributed by atoms with Crippen molar-refractivity contribution in [2.24, 2.45) is 5.41 Å². The summed E-state index contributed by atoms with van der Waals surface area (Å²) in [5.41, 5.74) is -0.119. The summed E-state index contributed by atoms with van der Waals surface area (Å²) in [5, 5.41) is 6.65. The van der Waals surface area contributed by atoms with Gasteiger partial charge in [-0.2, -0.15) is 0 Å². The molecule has 2 rings (SSSR count). The fraction of sp³-hybridized carbons (Fsp3) is 0.929. The van der Waals surface area contributed by atoms with Gasteiger partial charge < -0.3 is 10.6 Å². The largest absolute Gasteiger partial charge is 0.353 e. The molecule has 1 aliphatic carbocycles. The van der Waals surface area contributed by atoms with Crippen molar-refractivity contribution in [2.45, 2.75) is 64.3 Å². The summed E-state index contributed by atoms with van der Waals surface area (Å²) in [6, 6.07) is 0.439. The van der Waals surface area contributed by atoms with E-state index in [0.29, 0.717) is 11.9 Å². The zero-order chi connectivity index (χ0) is 12.1. The summed E-state index contributed by atoms with van der Waals surface area (Å²) in [5.74, 6) is 0.303. The quantitative estimate of drug-likeness (QED) is 0.740. The van der Waals surface area contributed by atoms with Crippen LogP contribution < -0.4 is 10.6 Å². The third kappa shape index (κ3) is 3.01. The fourth-order valence-electron chi connectivity index (χ4n) is 3.16. The molecule has 17 heavy (non-hydrogen) atoms. The van der Waals surface area contributed by atoms with Crippen molar-refractivity contribution < 1.29 is 4.79 Å². The monoisotopic (exact) mass is 238 g/mol. The average Bonchev–Trinajstić information content (AvgIpc) is 2.70. The summed E-state index contributed by atoms with van der Waals surface area (Å²) >= 11 is 0. The molecule has 0 aromatic heterocycles. The molecule has 0 aromatic carbocycles. The van der Waals surface area contributed by atoms with E-state index in [1.165, 1.54) is 38.5 Å². The van der Waals surface area contributed by atoms with Gasteiger partial charge in [0.15, 0.2) is 0 Å². The number of amides is 1. The Morgan fingerprint density at radius 2 is 2.00 bits per heavy atom. The molecule has 1 saturated carbocycles. The first kappa shape index (κ1) is 12.9.